The summed E-state index contributed by atoms with van der Waals surface area (Å²) < 4.78 is 0. The van der Waals surface area contributed by atoms with Gasteiger partial charge in [-0.1, -0.05) is 19.8 Å². The number of carbonyl (C=O) groups is 2. The summed E-state index contributed by atoms with van der Waals surface area (Å²) >= 11 is 0. The SMILES string of the molecule is CC(C)C(N)C(=O)N[C@H](CCC#CO)C(=O)O. The van der Waals surface area contributed by atoms with Crippen molar-refractivity contribution in [3.05, 3.63) is 0 Å². The van der Waals surface area contributed by atoms with Gasteiger partial charge >= 0.3 is 5.97 Å². The molecule has 0 aliphatic heterocycles. The zero-order valence-corrected chi connectivity index (χ0v) is 9.93. The molecule has 0 bridgehead atoms. The molecule has 0 saturated carbocycles. The molecule has 2 atom stereocenters. The molecule has 5 N–H and O–H groups in total. The van der Waals surface area contributed by atoms with Crippen LogP contribution in [0.15, 0.2) is 0 Å². The summed E-state index contributed by atoms with van der Waals surface area (Å²) in [4.78, 5) is 22.4. The molecule has 96 valence electrons. The summed E-state index contributed by atoms with van der Waals surface area (Å²) in [7, 11) is 0. The molecule has 1 unspecified atom stereocenters. The molecular weight excluding hydrogens is 224 g/mol. The maximum absolute atomic E-state index is 11.5. The summed E-state index contributed by atoms with van der Waals surface area (Å²) in [5.41, 5.74) is 5.59. The topological polar surface area (TPSA) is 113 Å². The second-order valence-electron chi connectivity index (χ2n) is 4.00. The van der Waals surface area contributed by atoms with Crippen LogP contribution in [-0.4, -0.2) is 34.2 Å². The molecule has 0 rings (SSSR count). The van der Waals surface area contributed by atoms with Crippen molar-refractivity contribution in [3.63, 3.8) is 0 Å². The lowest BCUT2D eigenvalue weighted by molar-refractivity contribution is -0.142. The van der Waals surface area contributed by atoms with E-state index in [2.05, 4.69) is 11.2 Å². The summed E-state index contributed by atoms with van der Waals surface area (Å²) in [5.74, 6) is 0.610. The predicted molar refractivity (Wildman–Crippen MR) is 61.3 cm³/mol. The van der Waals surface area contributed by atoms with Gasteiger partial charge in [0.15, 0.2) is 0 Å². The first kappa shape index (κ1) is 15.3. The molecule has 1 amide bonds. The summed E-state index contributed by atoms with van der Waals surface area (Å²) in [5, 5.41) is 19.5. The molecule has 0 aromatic carbocycles. The van der Waals surface area contributed by atoms with Gasteiger partial charge in [0.25, 0.3) is 0 Å². The molecule has 6 nitrogen and oxygen atoms in total. The van der Waals surface area contributed by atoms with Gasteiger partial charge in [0.2, 0.25) is 5.91 Å². The van der Waals surface area contributed by atoms with Gasteiger partial charge in [0, 0.05) is 6.42 Å². The Morgan fingerprint density at radius 2 is 2.00 bits per heavy atom. The van der Waals surface area contributed by atoms with E-state index in [0.29, 0.717) is 0 Å². The first-order valence-corrected chi connectivity index (χ1v) is 5.30. The van der Waals surface area contributed by atoms with Crippen molar-refractivity contribution in [2.24, 2.45) is 11.7 Å². The minimum atomic E-state index is -1.14. The summed E-state index contributed by atoms with van der Waals surface area (Å²) in [6.45, 7) is 3.55. The molecule has 0 heterocycles. The van der Waals surface area contributed by atoms with Crippen LogP contribution >= 0.6 is 0 Å². The molecule has 0 radical (unpaired) electrons. The standard InChI is InChI=1S/C11H18N2O4/c1-7(2)9(12)10(15)13-8(11(16)17)5-3-4-6-14/h7-9,14H,3,5,12H2,1-2H3,(H,13,15)(H,16,17)/t8-,9?/m1/s1. The molecule has 0 aliphatic rings. The smallest absolute Gasteiger partial charge is 0.326 e. The molecule has 0 spiro atoms. The van der Waals surface area contributed by atoms with Gasteiger partial charge in [-0.25, -0.2) is 4.79 Å². The molecular formula is C11H18N2O4. The molecule has 0 aromatic heterocycles. The van der Waals surface area contributed by atoms with Crippen molar-refractivity contribution in [2.75, 3.05) is 0 Å². The Morgan fingerprint density at radius 3 is 2.41 bits per heavy atom. The highest BCUT2D eigenvalue weighted by Gasteiger charge is 2.24. The third-order valence-corrected chi connectivity index (χ3v) is 2.27. The van der Waals surface area contributed by atoms with E-state index in [1.165, 1.54) is 0 Å². The normalized spacial score (nSPS) is 13.4. The van der Waals surface area contributed by atoms with E-state index in [4.69, 9.17) is 15.9 Å². The Kier molecular flexibility index (Phi) is 6.75. The fraction of sp³-hybridized carbons (Fsp3) is 0.636. The van der Waals surface area contributed by atoms with Crippen LogP contribution in [0.4, 0.5) is 0 Å². The first-order valence-electron chi connectivity index (χ1n) is 5.30. The van der Waals surface area contributed by atoms with Crippen LogP contribution in [0.1, 0.15) is 26.7 Å². The van der Waals surface area contributed by atoms with Crippen LogP contribution in [0.3, 0.4) is 0 Å². The van der Waals surface area contributed by atoms with E-state index in [1.54, 1.807) is 20.0 Å². The number of carboxylic acids is 1. The van der Waals surface area contributed by atoms with E-state index >= 15 is 0 Å². The molecule has 0 fully saturated rings. The average molecular weight is 242 g/mol. The number of aliphatic carboxylic acids is 1. The van der Waals surface area contributed by atoms with Gasteiger partial charge in [0.1, 0.15) is 12.1 Å². The lowest BCUT2D eigenvalue weighted by atomic mass is 10.0. The van der Waals surface area contributed by atoms with Gasteiger partial charge in [-0.2, -0.15) is 0 Å². The highest BCUT2D eigenvalue weighted by Crippen LogP contribution is 2.01. The number of nitrogens with two attached hydrogens (primary N) is 1. The number of amides is 1. The van der Waals surface area contributed by atoms with Crippen LogP contribution in [0.25, 0.3) is 0 Å². The zero-order valence-electron chi connectivity index (χ0n) is 9.93. The number of nitrogens with one attached hydrogen (secondary N) is 1. The van der Waals surface area contributed by atoms with Gasteiger partial charge < -0.3 is 21.3 Å². The summed E-state index contributed by atoms with van der Waals surface area (Å²) in [6, 6.07) is -1.77. The number of hydrogen-bond acceptors (Lipinski definition) is 4. The minimum Gasteiger partial charge on any atom is -0.480 e. The van der Waals surface area contributed by atoms with Crippen LogP contribution in [0, 0.1) is 17.9 Å². The zero-order chi connectivity index (χ0) is 13.4. The largest absolute Gasteiger partial charge is 0.480 e. The Balaban J connectivity index is 4.38. The van der Waals surface area contributed by atoms with Gasteiger partial charge in [0.05, 0.1) is 6.04 Å². The third-order valence-electron chi connectivity index (χ3n) is 2.27. The Labute approximate surface area is 100 Å². The van der Waals surface area contributed by atoms with Crippen molar-refractivity contribution in [1.29, 1.82) is 0 Å². The number of carbonyl (C=O) groups excluding carboxylic acids is 1. The van der Waals surface area contributed by atoms with Crippen molar-refractivity contribution < 1.29 is 19.8 Å². The average Bonchev–Trinajstić information content (AvgIpc) is 2.26. The van der Waals surface area contributed by atoms with Crippen molar-refractivity contribution >= 4 is 11.9 Å². The van der Waals surface area contributed by atoms with Crippen LogP contribution in [0.5, 0.6) is 0 Å². The van der Waals surface area contributed by atoms with Gasteiger partial charge in [-0.3, -0.25) is 4.79 Å². The van der Waals surface area contributed by atoms with Crippen molar-refractivity contribution in [2.45, 2.75) is 38.8 Å². The fourth-order valence-corrected chi connectivity index (χ4v) is 1.10. The number of aliphatic hydroxyl groups is 1. The molecule has 0 aliphatic carbocycles. The summed E-state index contributed by atoms with van der Waals surface area (Å²) in [6.07, 6.45) is 1.99. The quantitative estimate of drug-likeness (QED) is 0.476. The van der Waals surface area contributed by atoms with E-state index < -0.39 is 24.0 Å². The third kappa shape index (κ3) is 5.78. The van der Waals surface area contributed by atoms with E-state index in [1.807, 2.05) is 0 Å². The molecule has 6 heteroatoms. The van der Waals surface area contributed by atoms with E-state index in [0.717, 1.165) is 0 Å². The lowest BCUT2D eigenvalue weighted by Crippen LogP contribution is -2.50. The Morgan fingerprint density at radius 1 is 1.41 bits per heavy atom. The van der Waals surface area contributed by atoms with Gasteiger partial charge in [-0.05, 0) is 12.3 Å². The van der Waals surface area contributed by atoms with Crippen molar-refractivity contribution in [1.82, 2.24) is 5.32 Å². The first-order chi connectivity index (χ1) is 7.90. The fourth-order valence-electron chi connectivity index (χ4n) is 1.10. The number of rotatable bonds is 6. The van der Waals surface area contributed by atoms with Gasteiger partial charge in [-0.15, -0.1) is 0 Å². The lowest BCUT2D eigenvalue weighted by Gasteiger charge is -2.19. The van der Waals surface area contributed by atoms with Crippen LogP contribution in [0.2, 0.25) is 0 Å². The number of hydrogen-bond donors (Lipinski definition) is 4. The Hall–Kier alpha value is -1.74. The van der Waals surface area contributed by atoms with Crippen molar-refractivity contribution in [3.8, 4) is 12.0 Å². The highest BCUT2D eigenvalue weighted by atomic mass is 16.4. The highest BCUT2D eigenvalue weighted by molar-refractivity contribution is 5.86. The Bertz CT molecular complexity index is 330. The second kappa shape index (κ2) is 7.52. The maximum atomic E-state index is 11.5. The maximum Gasteiger partial charge on any atom is 0.326 e. The number of carboxylic acid groups (broad SMARTS) is 1. The van der Waals surface area contributed by atoms with E-state index in [-0.39, 0.29) is 18.8 Å². The minimum absolute atomic E-state index is 0.0679. The molecule has 0 aromatic rings. The second-order valence-corrected chi connectivity index (χ2v) is 4.00. The number of aliphatic hydroxyl groups excluding tert-OH is 1. The van der Waals surface area contributed by atoms with Crippen LogP contribution < -0.4 is 11.1 Å². The van der Waals surface area contributed by atoms with E-state index in [9.17, 15) is 9.59 Å². The molecule has 0 saturated heterocycles. The van der Waals surface area contributed by atoms with Crippen LogP contribution in [-0.2, 0) is 9.59 Å². The monoisotopic (exact) mass is 242 g/mol. The molecule has 17 heavy (non-hydrogen) atoms. The predicted octanol–water partition coefficient (Wildman–Crippen LogP) is -0.347.